The Morgan fingerprint density at radius 3 is 2.70 bits per heavy atom. The molecule has 20 heavy (non-hydrogen) atoms. The molecule has 1 aromatic rings. The molecule has 6 heteroatoms. The Morgan fingerprint density at radius 2 is 2.10 bits per heavy atom. The minimum atomic E-state index is -0.427. The maximum absolute atomic E-state index is 12.9. The van der Waals surface area contributed by atoms with Gasteiger partial charge in [-0.1, -0.05) is 11.6 Å². The second-order valence-electron chi connectivity index (χ2n) is 5.12. The van der Waals surface area contributed by atoms with Crippen molar-refractivity contribution in [2.75, 3.05) is 25.0 Å². The van der Waals surface area contributed by atoms with Crippen molar-refractivity contribution in [2.24, 2.45) is 0 Å². The highest BCUT2D eigenvalue weighted by Crippen LogP contribution is 2.22. The number of hydrogen-bond acceptors (Lipinski definition) is 3. The van der Waals surface area contributed by atoms with Crippen LogP contribution < -0.4 is 5.32 Å². The number of halogens is 2. The van der Waals surface area contributed by atoms with E-state index < -0.39 is 5.82 Å². The first-order valence-electron chi connectivity index (χ1n) is 6.56. The van der Waals surface area contributed by atoms with Crippen LogP contribution in [0.25, 0.3) is 0 Å². The smallest absolute Gasteiger partial charge is 0.238 e. The van der Waals surface area contributed by atoms with Crippen LogP contribution in [-0.2, 0) is 9.53 Å². The number of carbonyl (C=O) groups is 1. The van der Waals surface area contributed by atoms with Crippen molar-refractivity contribution in [2.45, 2.75) is 26.1 Å². The number of ether oxygens (including phenoxy) is 1. The number of nitrogens with zero attached hydrogens (tertiary/aromatic N) is 1. The van der Waals surface area contributed by atoms with Crippen molar-refractivity contribution in [3.05, 3.63) is 29.0 Å². The Labute approximate surface area is 122 Å². The third-order valence-electron chi connectivity index (χ3n) is 3.07. The van der Waals surface area contributed by atoms with E-state index in [0.29, 0.717) is 5.69 Å². The number of nitrogens with one attached hydrogen (secondary N) is 1. The summed E-state index contributed by atoms with van der Waals surface area (Å²) in [6.45, 7) is 5.67. The largest absolute Gasteiger partial charge is 0.373 e. The summed E-state index contributed by atoms with van der Waals surface area (Å²) in [5.41, 5.74) is 0.424. The molecule has 0 aromatic heterocycles. The molecule has 1 saturated heterocycles. The summed E-state index contributed by atoms with van der Waals surface area (Å²) in [5, 5.41) is 2.89. The lowest BCUT2D eigenvalue weighted by Crippen LogP contribution is -2.48. The fraction of sp³-hybridized carbons (Fsp3) is 0.500. The highest BCUT2D eigenvalue weighted by atomic mass is 35.5. The summed E-state index contributed by atoms with van der Waals surface area (Å²) >= 11 is 5.87. The predicted octanol–water partition coefficient (Wildman–Crippen LogP) is 2.53. The molecule has 1 amide bonds. The van der Waals surface area contributed by atoms with Crippen molar-refractivity contribution in [3.63, 3.8) is 0 Å². The molecular formula is C14H18ClFN2O2. The molecule has 1 aromatic carbocycles. The molecule has 2 rings (SSSR count). The monoisotopic (exact) mass is 300 g/mol. The van der Waals surface area contributed by atoms with Crippen LogP contribution >= 0.6 is 11.6 Å². The minimum Gasteiger partial charge on any atom is -0.373 e. The maximum atomic E-state index is 12.9. The van der Waals surface area contributed by atoms with Crippen LogP contribution in [0.3, 0.4) is 0 Å². The number of rotatable bonds is 3. The second-order valence-corrected chi connectivity index (χ2v) is 5.53. The molecule has 1 fully saturated rings. The number of benzene rings is 1. The van der Waals surface area contributed by atoms with Crippen LogP contribution in [0.2, 0.25) is 5.02 Å². The highest BCUT2D eigenvalue weighted by molar-refractivity contribution is 6.33. The van der Waals surface area contributed by atoms with E-state index in [0.717, 1.165) is 13.1 Å². The summed E-state index contributed by atoms with van der Waals surface area (Å²) < 4.78 is 18.5. The zero-order valence-electron chi connectivity index (χ0n) is 11.5. The normalized spacial score (nSPS) is 23.6. The predicted molar refractivity (Wildman–Crippen MR) is 76.5 cm³/mol. The summed E-state index contributed by atoms with van der Waals surface area (Å²) in [4.78, 5) is 14.0. The Balaban J connectivity index is 1.92. The van der Waals surface area contributed by atoms with Gasteiger partial charge in [-0.15, -0.1) is 0 Å². The molecule has 0 aliphatic carbocycles. The number of morpholine rings is 1. The van der Waals surface area contributed by atoms with Gasteiger partial charge in [0.2, 0.25) is 5.91 Å². The first-order valence-corrected chi connectivity index (χ1v) is 6.94. The van der Waals surface area contributed by atoms with Crippen LogP contribution in [0.4, 0.5) is 10.1 Å². The van der Waals surface area contributed by atoms with E-state index in [1.807, 2.05) is 18.7 Å². The third kappa shape index (κ3) is 4.16. The van der Waals surface area contributed by atoms with Crippen molar-refractivity contribution in [1.29, 1.82) is 0 Å². The van der Waals surface area contributed by atoms with E-state index in [-0.39, 0.29) is 29.7 Å². The van der Waals surface area contributed by atoms with E-state index in [9.17, 15) is 9.18 Å². The van der Waals surface area contributed by atoms with Crippen LogP contribution in [0.1, 0.15) is 13.8 Å². The first kappa shape index (κ1) is 15.2. The van der Waals surface area contributed by atoms with Crippen molar-refractivity contribution in [1.82, 2.24) is 4.90 Å². The van der Waals surface area contributed by atoms with Gasteiger partial charge in [-0.25, -0.2) is 4.39 Å². The van der Waals surface area contributed by atoms with Gasteiger partial charge in [0.1, 0.15) is 5.82 Å². The summed E-state index contributed by atoms with van der Waals surface area (Å²) in [6, 6.07) is 3.90. The zero-order chi connectivity index (χ0) is 14.7. The topological polar surface area (TPSA) is 41.6 Å². The Hall–Kier alpha value is -1.17. The van der Waals surface area contributed by atoms with Gasteiger partial charge in [0.05, 0.1) is 29.5 Å². The van der Waals surface area contributed by atoms with Gasteiger partial charge in [-0.2, -0.15) is 0 Å². The zero-order valence-corrected chi connectivity index (χ0v) is 12.3. The molecule has 0 radical (unpaired) electrons. The van der Waals surface area contributed by atoms with Gasteiger partial charge in [-0.05, 0) is 32.0 Å². The van der Waals surface area contributed by atoms with Gasteiger partial charge in [0.25, 0.3) is 0 Å². The van der Waals surface area contributed by atoms with E-state index in [1.54, 1.807) is 0 Å². The number of anilines is 1. The fourth-order valence-corrected chi connectivity index (χ4v) is 2.61. The minimum absolute atomic E-state index is 0.112. The Bertz CT molecular complexity index is 488. The van der Waals surface area contributed by atoms with Crippen molar-refractivity contribution < 1.29 is 13.9 Å². The molecular weight excluding hydrogens is 283 g/mol. The van der Waals surface area contributed by atoms with E-state index in [4.69, 9.17) is 16.3 Å². The van der Waals surface area contributed by atoms with E-state index >= 15 is 0 Å². The SMILES string of the molecule is C[C@H]1CN(CC(=O)Nc2ccc(F)cc2Cl)C[C@H](C)O1. The maximum Gasteiger partial charge on any atom is 0.238 e. The Kier molecular flexibility index (Phi) is 4.96. The molecule has 1 N–H and O–H groups in total. The molecule has 110 valence electrons. The number of carbonyl (C=O) groups excluding carboxylic acids is 1. The van der Waals surface area contributed by atoms with E-state index in [1.165, 1.54) is 18.2 Å². The molecule has 0 unspecified atom stereocenters. The number of hydrogen-bond donors (Lipinski definition) is 1. The number of amides is 1. The lowest BCUT2D eigenvalue weighted by molar-refractivity contribution is -0.121. The summed E-state index contributed by atoms with van der Waals surface area (Å²) in [6.07, 6.45) is 0.224. The van der Waals surface area contributed by atoms with Gasteiger partial charge in [0, 0.05) is 13.1 Å². The average Bonchev–Trinajstić information content (AvgIpc) is 2.31. The van der Waals surface area contributed by atoms with Gasteiger partial charge in [-0.3, -0.25) is 9.69 Å². The molecule has 2 atom stereocenters. The molecule has 4 nitrogen and oxygen atoms in total. The molecule has 1 aliphatic rings. The van der Waals surface area contributed by atoms with Gasteiger partial charge < -0.3 is 10.1 Å². The van der Waals surface area contributed by atoms with Crippen LogP contribution in [0.5, 0.6) is 0 Å². The van der Waals surface area contributed by atoms with Gasteiger partial charge >= 0.3 is 0 Å². The highest BCUT2D eigenvalue weighted by Gasteiger charge is 2.23. The van der Waals surface area contributed by atoms with Crippen LogP contribution in [-0.4, -0.2) is 42.6 Å². The quantitative estimate of drug-likeness (QED) is 0.932. The third-order valence-corrected chi connectivity index (χ3v) is 3.38. The van der Waals surface area contributed by atoms with Crippen molar-refractivity contribution >= 4 is 23.2 Å². The van der Waals surface area contributed by atoms with Crippen LogP contribution in [0, 0.1) is 5.82 Å². The first-order chi connectivity index (χ1) is 9.44. The lowest BCUT2D eigenvalue weighted by Gasteiger charge is -2.34. The molecule has 0 bridgehead atoms. The summed E-state index contributed by atoms with van der Waals surface area (Å²) in [5.74, 6) is -0.594. The fourth-order valence-electron chi connectivity index (χ4n) is 2.40. The Morgan fingerprint density at radius 1 is 1.45 bits per heavy atom. The molecule has 0 saturated carbocycles. The van der Waals surface area contributed by atoms with Crippen molar-refractivity contribution in [3.8, 4) is 0 Å². The molecule has 0 spiro atoms. The van der Waals surface area contributed by atoms with E-state index in [2.05, 4.69) is 5.32 Å². The van der Waals surface area contributed by atoms with Crippen LogP contribution in [0.15, 0.2) is 18.2 Å². The van der Waals surface area contributed by atoms with Gasteiger partial charge in [0.15, 0.2) is 0 Å². The second kappa shape index (κ2) is 6.52. The molecule has 1 aliphatic heterocycles. The average molecular weight is 301 g/mol. The lowest BCUT2D eigenvalue weighted by atomic mass is 10.2. The molecule has 1 heterocycles. The standard InChI is InChI=1S/C14H18ClFN2O2/c1-9-6-18(7-10(2)20-9)8-14(19)17-13-4-3-11(16)5-12(13)15/h3-5,9-10H,6-8H2,1-2H3,(H,17,19)/t9-,10-/m0/s1. The summed E-state index contributed by atoms with van der Waals surface area (Å²) in [7, 11) is 0.